The molecule has 1 aromatic carbocycles. The average molecular weight is 313 g/mol. The fraction of sp³-hybridized carbons (Fsp3) is 0.647. The van der Waals surface area contributed by atoms with Gasteiger partial charge in [0.15, 0.2) is 0 Å². The molecular weight excluding hydrogens is 284 g/mol. The summed E-state index contributed by atoms with van der Waals surface area (Å²) in [5.74, 6) is 0.868. The van der Waals surface area contributed by atoms with Crippen molar-refractivity contribution >= 4 is 11.6 Å². The summed E-state index contributed by atoms with van der Waals surface area (Å²) < 4.78 is 5.91. The minimum Gasteiger partial charge on any atom is -0.492 e. The molecule has 21 heavy (non-hydrogen) atoms. The van der Waals surface area contributed by atoms with Gasteiger partial charge in [-0.05, 0) is 37.8 Å². The normalized spacial score (nSPS) is 22.3. The number of unbranched alkanes of at least 4 members (excludes halogenated alkanes) is 1. The number of hydrogen-bond acceptors (Lipinski definition) is 1. The number of benzene rings is 1. The molecule has 0 atom stereocenters. The van der Waals surface area contributed by atoms with E-state index in [1.165, 1.54) is 39.1 Å². The highest BCUT2D eigenvalue weighted by molar-refractivity contribution is 6.32. The van der Waals surface area contributed by atoms with Gasteiger partial charge in [-0.2, -0.15) is 0 Å². The number of ether oxygens (including phenoxy) is 1. The molecule has 3 nitrogen and oxygen atoms in total. The minimum atomic E-state index is 0.766. The second-order valence-electron chi connectivity index (χ2n) is 6.36. The van der Waals surface area contributed by atoms with Crippen molar-refractivity contribution in [3.05, 3.63) is 28.3 Å². The van der Waals surface area contributed by atoms with E-state index >= 15 is 0 Å². The van der Waals surface area contributed by atoms with Crippen LogP contribution in [0.15, 0.2) is 12.1 Å². The first-order valence-electron chi connectivity index (χ1n) is 8.11. The van der Waals surface area contributed by atoms with Crippen molar-refractivity contribution < 1.29 is 14.5 Å². The highest BCUT2D eigenvalue weighted by Crippen LogP contribution is 2.31. The summed E-state index contributed by atoms with van der Waals surface area (Å²) in [6.07, 6.45) is 2.34. The van der Waals surface area contributed by atoms with Crippen LogP contribution in [0.25, 0.3) is 0 Å². The van der Waals surface area contributed by atoms with Gasteiger partial charge in [-0.3, -0.25) is 0 Å². The van der Waals surface area contributed by atoms with Crippen LogP contribution in [0.4, 0.5) is 0 Å². The minimum absolute atomic E-state index is 0.766. The van der Waals surface area contributed by atoms with E-state index in [2.05, 4.69) is 20.0 Å². The van der Waals surface area contributed by atoms with Gasteiger partial charge < -0.3 is 14.5 Å². The summed E-state index contributed by atoms with van der Waals surface area (Å²) >= 11 is 6.32. The zero-order valence-corrected chi connectivity index (χ0v) is 14.4. The highest BCUT2D eigenvalue weighted by Gasteiger charge is 2.18. The lowest BCUT2D eigenvalue weighted by molar-refractivity contribution is -1.00. The van der Waals surface area contributed by atoms with E-state index in [0.29, 0.717) is 0 Å². The molecular formula is C17H29ClN2O+2. The van der Waals surface area contributed by atoms with E-state index in [-0.39, 0.29) is 0 Å². The third-order valence-electron chi connectivity index (χ3n) is 4.47. The number of nitrogens with one attached hydrogen (secondary N) is 2. The smallest absolute Gasteiger partial charge is 0.141 e. The Hall–Kier alpha value is -0.770. The van der Waals surface area contributed by atoms with Crippen LogP contribution in [0, 0.1) is 13.8 Å². The maximum atomic E-state index is 6.32. The standard InChI is InChI=1S/C17H27ClN2O/c1-14-6-7-15(2)17(16(14)18)21-13-5-4-8-20-11-9-19(3)10-12-20/h6-7H,4-5,8-13H2,1-3H3/p+2. The number of hydrogen-bond donors (Lipinski definition) is 2. The molecule has 2 N–H and O–H groups in total. The van der Waals surface area contributed by atoms with Gasteiger partial charge in [-0.25, -0.2) is 0 Å². The quantitative estimate of drug-likeness (QED) is 0.733. The van der Waals surface area contributed by atoms with Crippen LogP contribution in [0.3, 0.4) is 0 Å². The lowest BCUT2D eigenvalue weighted by Gasteiger charge is -2.27. The fourth-order valence-corrected chi connectivity index (χ4v) is 3.13. The molecule has 1 aromatic rings. The third kappa shape index (κ3) is 4.87. The molecule has 0 aromatic heterocycles. The predicted octanol–water partition coefficient (Wildman–Crippen LogP) is 0.529. The maximum Gasteiger partial charge on any atom is 0.141 e. The molecule has 0 bridgehead atoms. The Bertz CT molecular complexity index is 456. The molecule has 0 radical (unpaired) electrons. The van der Waals surface area contributed by atoms with Gasteiger partial charge >= 0.3 is 0 Å². The van der Waals surface area contributed by atoms with Gasteiger partial charge in [0.25, 0.3) is 0 Å². The van der Waals surface area contributed by atoms with Crippen molar-refractivity contribution in [1.29, 1.82) is 0 Å². The van der Waals surface area contributed by atoms with E-state index in [4.69, 9.17) is 16.3 Å². The summed E-state index contributed by atoms with van der Waals surface area (Å²) in [7, 11) is 2.29. The first-order valence-corrected chi connectivity index (χ1v) is 8.49. The van der Waals surface area contributed by atoms with E-state index in [9.17, 15) is 0 Å². The summed E-state index contributed by atoms with van der Waals surface area (Å²) in [6.45, 7) is 11.4. The Morgan fingerprint density at radius 2 is 1.71 bits per heavy atom. The number of likely N-dealkylation sites (N-methyl/N-ethyl adjacent to an activating group) is 1. The van der Waals surface area contributed by atoms with Gasteiger partial charge in [0.2, 0.25) is 0 Å². The zero-order chi connectivity index (χ0) is 15.2. The average Bonchev–Trinajstić information content (AvgIpc) is 2.48. The molecule has 0 unspecified atom stereocenters. The Balaban J connectivity index is 1.67. The topological polar surface area (TPSA) is 18.1 Å². The monoisotopic (exact) mass is 312 g/mol. The second-order valence-corrected chi connectivity index (χ2v) is 6.73. The number of halogens is 1. The first kappa shape index (κ1) is 16.6. The van der Waals surface area contributed by atoms with Crippen LogP contribution >= 0.6 is 11.6 Å². The molecule has 0 spiro atoms. The van der Waals surface area contributed by atoms with Gasteiger partial charge in [-0.1, -0.05) is 23.7 Å². The molecule has 118 valence electrons. The molecule has 1 saturated heterocycles. The molecule has 1 aliphatic rings. The lowest BCUT2D eigenvalue weighted by atomic mass is 10.1. The SMILES string of the molecule is Cc1ccc(C)c(OCCCC[NH+]2CC[NH+](C)CC2)c1Cl. The largest absolute Gasteiger partial charge is 0.492 e. The van der Waals surface area contributed by atoms with Crippen molar-refractivity contribution in [1.82, 2.24) is 0 Å². The van der Waals surface area contributed by atoms with Gasteiger partial charge in [0.1, 0.15) is 31.9 Å². The van der Waals surface area contributed by atoms with E-state index < -0.39 is 0 Å². The van der Waals surface area contributed by atoms with Crippen molar-refractivity contribution in [2.24, 2.45) is 0 Å². The summed E-state index contributed by atoms with van der Waals surface area (Å²) in [4.78, 5) is 3.43. The zero-order valence-electron chi connectivity index (χ0n) is 13.6. The number of aryl methyl sites for hydroxylation is 2. The number of piperazine rings is 1. The lowest BCUT2D eigenvalue weighted by Crippen LogP contribution is -3.27. The molecule has 1 heterocycles. The van der Waals surface area contributed by atoms with E-state index in [0.717, 1.165) is 34.9 Å². The Morgan fingerprint density at radius 3 is 2.43 bits per heavy atom. The Labute approximate surface area is 133 Å². The van der Waals surface area contributed by atoms with E-state index in [1.807, 2.05) is 13.0 Å². The second kappa shape index (κ2) is 8.02. The molecule has 1 aliphatic heterocycles. The number of quaternary nitrogens is 2. The van der Waals surface area contributed by atoms with Crippen molar-refractivity contribution in [2.75, 3.05) is 46.4 Å². The molecule has 0 aliphatic carbocycles. The summed E-state index contributed by atoms with van der Waals surface area (Å²) in [6, 6.07) is 4.12. The Kier molecular flexibility index (Phi) is 6.34. The molecule has 1 fully saturated rings. The molecule has 0 amide bonds. The predicted molar refractivity (Wildman–Crippen MR) is 87.8 cm³/mol. The van der Waals surface area contributed by atoms with Crippen LogP contribution in [-0.4, -0.2) is 46.4 Å². The summed E-state index contributed by atoms with van der Waals surface area (Å²) in [5, 5.41) is 0.766. The highest BCUT2D eigenvalue weighted by atomic mass is 35.5. The van der Waals surface area contributed by atoms with Crippen LogP contribution in [-0.2, 0) is 0 Å². The third-order valence-corrected chi connectivity index (χ3v) is 4.94. The van der Waals surface area contributed by atoms with E-state index in [1.54, 1.807) is 9.80 Å². The van der Waals surface area contributed by atoms with Crippen molar-refractivity contribution in [3.8, 4) is 5.75 Å². The first-order chi connectivity index (χ1) is 10.1. The van der Waals surface area contributed by atoms with Crippen LogP contribution < -0.4 is 14.5 Å². The van der Waals surface area contributed by atoms with Gasteiger partial charge in [-0.15, -0.1) is 0 Å². The van der Waals surface area contributed by atoms with Crippen molar-refractivity contribution in [3.63, 3.8) is 0 Å². The van der Waals surface area contributed by atoms with Crippen LogP contribution in [0.5, 0.6) is 5.75 Å². The van der Waals surface area contributed by atoms with Gasteiger partial charge in [0, 0.05) is 0 Å². The number of rotatable bonds is 6. The fourth-order valence-electron chi connectivity index (χ4n) is 2.86. The Morgan fingerprint density at radius 1 is 1.05 bits per heavy atom. The van der Waals surface area contributed by atoms with Crippen LogP contribution in [0.2, 0.25) is 5.02 Å². The molecule has 0 saturated carbocycles. The van der Waals surface area contributed by atoms with Crippen LogP contribution in [0.1, 0.15) is 24.0 Å². The molecule has 2 rings (SSSR count). The maximum absolute atomic E-state index is 6.32. The summed E-state index contributed by atoms with van der Waals surface area (Å²) in [5.41, 5.74) is 2.21. The van der Waals surface area contributed by atoms with Crippen molar-refractivity contribution in [2.45, 2.75) is 26.7 Å². The van der Waals surface area contributed by atoms with Gasteiger partial charge in [0.05, 0.1) is 25.2 Å². The molecule has 4 heteroatoms.